The van der Waals surface area contributed by atoms with E-state index < -0.39 is 15.8 Å². The van der Waals surface area contributed by atoms with Crippen LogP contribution in [-0.4, -0.2) is 33.0 Å². The number of nitrogens with one attached hydrogen (secondary N) is 2. The Morgan fingerprint density at radius 3 is 2.11 bits per heavy atom. The smallest absolute Gasteiger partial charge is 0.232 e. The molecule has 2 rings (SSSR count). The van der Waals surface area contributed by atoms with Gasteiger partial charge in [0.25, 0.3) is 0 Å². The molecular formula is C19H22FN3O4S. The lowest BCUT2D eigenvalue weighted by Crippen LogP contribution is -2.32. The molecule has 2 amide bonds. The Bertz CT molecular complexity index is 946. The van der Waals surface area contributed by atoms with Crippen molar-refractivity contribution in [3.05, 3.63) is 54.3 Å². The van der Waals surface area contributed by atoms with Crippen molar-refractivity contribution in [3.63, 3.8) is 0 Å². The van der Waals surface area contributed by atoms with Gasteiger partial charge in [-0.05, 0) is 42.8 Å². The molecule has 0 aliphatic heterocycles. The number of benzene rings is 2. The van der Waals surface area contributed by atoms with E-state index in [4.69, 9.17) is 0 Å². The van der Waals surface area contributed by atoms with E-state index in [9.17, 15) is 22.4 Å². The second-order valence-electron chi connectivity index (χ2n) is 6.20. The van der Waals surface area contributed by atoms with E-state index in [1.807, 2.05) is 0 Å². The summed E-state index contributed by atoms with van der Waals surface area (Å²) < 4.78 is 38.9. The summed E-state index contributed by atoms with van der Waals surface area (Å²) in [6.45, 7) is 1.38. The van der Waals surface area contributed by atoms with Crippen molar-refractivity contribution in [1.82, 2.24) is 0 Å². The van der Waals surface area contributed by atoms with Crippen molar-refractivity contribution in [3.8, 4) is 0 Å². The van der Waals surface area contributed by atoms with Gasteiger partial charge in [0.15, 0.2) is 0 Å². The first-order chi connectivity index (χ1) is 13.2. The van der Waals surface area contributed by atoms with Crippen LogP contribution in [0, 0.1) is 5.82 Å². The molecule has 2 aromatic carbocycles. The number of hydrogen-bond donors (Lipinski definition) is 2. The summed E-state index contributed by atoms with van der Waals surface area (Å²) in [7, 11) is -3.68. The average molecular weight is 407 g/mol. The Morgan fingerprint density at radius 1 is 1.00 bits per heavy atom. The third-order valence-electron chi connectivity index (χ3n) is 3.78. The monoisotopic (exact) mass is 407 g/mol. The standard InChI is InChI=1S/C19H22FN3O4S/c1-14(24)21-15-9-11-16(12-10-15)22-19(25)8-5-13-23(28(2,26)27)18-7-4-3-6-17(18)20/h3-4,6-7,9-12H,5,8,13H2,1-2H3,(H,21,24)(H,22,25). The third-order valence-corrected chi connectivity index (χ3v) is 4.96. The van der Waals surface area contributed by atoms with Crippen LogP contribution in [0.3, 0.4) is 0 Å². The molecular weight excluding hydrogens is 385 g/mol. The highest BCUT2D eigenvalue weighted by Gasteiger charge is 2.20. The molecule has 0 unspecified atom stereocenters. The van der Waals surface area contributed by atoms with Crippen molar-refractivity contribution >= 4 is 38.9 Å². The number of amides is 2. The van der Waals surface area contributed by atoms with Gasteiger partial charge in [0.1, 0.15) is 5.82 Å². The van der Waals surface area contributed by atoms with Gasteiger partial charge in [-0.1, -0.05) is 12.1 Å². The predicted molar refractivity (Wildman–Crippen MR) is 107 cm³/mol. The molecule has 0 fully saturated rings. The minimum atomic E-state index is -3.68. The summed E-state index contributed by atoms with van der Waals surface area (Å²) in [6.07, 6.45) is 1.28. The van der Waals surface area contributed by atoms with Crippen molar-refractivity contribution in [2.24, 2.45) is 0 Å². The molecule has 28 heavy (non-hydrogen) atoms. The van der Waals surface area contributed by atoms with Gasteiger partial charge in [-0.15, -0.1) is 0 Å². The summed E-state index contributed by atoms with van der Waals surface area (Å²) in [5.41, 5.74) is 1.12. The highest BCUT2D eigenvalue weighted by molar-refractivity contribution is 7.92. The van der Waals surface area contributed by atoms with Crippen molar-refractivity contribution in [2.45, 2.75) is 19.8 Å². The number of carbonyl (C=O) groups excluding carboxylic acids is 2. The van der Waals surface area contributed by atoms with E-state index in [2.05, 4.69) is 10.6 Å². The predicted octanol–water partition coefficient (Wildman–Crippen LogP) is 2.97. The van der Waals surface area contributed by atoms with Gasteiger partial charge in [-0.25, -0.2) is 12.8 Å². The highest BCUT2D eigenvalue weighted by atomic mass is 32.2. The van der Waals surface area contributed by atoms with Crippen molar-refractivity contribution in [2.75, 3.05) is 27.7 Å². The quantitative estimate of drug-likeness (QED) is 0.703. The van der Waals surface area contributed by atoms with Crippen LogP contribution in [0.5, 0.6) is 0 Å². The molecule has 0 radical (unpaired) electrons. The Labute approximate surface area is 163 Å². The van der Waals surface area contributed by atoms with Crippen LogP contribution in [0.4, 0.5) is 21.5 Å². The minimum Gasteiger partial charge on any atom is -0.326 e. The molecule has 0 bridgehead atoms. The average Bonchev–Trinajstić information content (AvgIpc) is 2.60. The zero-order valence-corrected chi connectivity index (χ0v) is 16.4. The van der Waals surface area contributed by atoms with Crippen molar-refractivity contribution in [1.29, 1.82) is 0 Å². The fraction of sp³-hybridized carbons (Fsp3) is 0.263. The van der Waals surface area contributed by atoms with Crippen LogP contribution in [0.15, 0.2) is 48.5 Å². The second-order valence-corrected chi connectivity index (χ2v) is 8.10. The van der Waals surface area contributed by atoms with E-state index in [1.165, 1.54) is 25.1 Å². The molecule has 2 N–H and O–H groups in total. The molecule has 0 atom stereocenters. The van der Waals surface area contributed by atoms with Crippen LogP contribution in [0.2, 0.25) is 0 Å². The molecule has 0 aliphatic rings. The maximum absolute atomic E-state index is 13.9. The Kier molecular flexibility index (Phi) is 7.11. The highest BCUT2D eigenvalue weighted by Crippen LogP contribution is 2.22. The molecule has 2 aromatic rings. The largest absolute Gasteiger partial charge is 0.326 e. The molecule has 0 saturated heterocycles. The zero-order valence-electron chi connectivity index (χ0n) is 15.6. The minimum absolute atomic E-state index is 0.0192. The summed E-state index contributed by atoms with van der Waals surface area (Å²) in [6, 6.07) is 12.2. The lowest BCUT2D eigenvalue weighted by atomic mass is 10.2. The normalized spacial score (nSPS) is 11.0. The number of carbonyl (C=O) groups is 2. The number of rotatable bonds is 8. The van der Waals surface area contributed by atoms with Crippen LogP contribution in [-0.2, 0) is 19.6 Å². The lowest BCUT2D eigenvalue weighted by Gasteiger charge is -2.22. The molecule has 150 valence electrons. The molecule has 0 heterocycles. The maximum Gasteiger partial charge on any atom is 0.232 e. The Morgan fingerprint density at radius 2 is 1.57 bits per heavy atom. The van der Waals surface area contributed by atoms with Gasteiger partial charge in [-0.3, -0.25) is 13.9 Å². The number of halogens is 1. The summed E-state index contributed by atoms with van der Waals surface area (Å²) in [5, 5.41) is 5.31. The fourth-order valence-electron chi connectivity index (χ4n) is 2.57. The molecule has 0 spiro atoms. The molecule has 7 nitrogen and oxygen atoms in total. The van der Waals surface area contributed by atoms with E-state index in [0.29, 0.717) is 11.4 Å². The lowest BCUT2D eigenvalue weighted by molar-refractivity contribution is -0.116. The SMILES string of the molecule is CC(=O)Nc1ccc(NC(=O)CCCN(c2ccccc2F)S(C)(=O)=O)cc1. The van der Waals surface area contributed by atoms with Gasteiger partial charge < -0.3 is 10.6 Å². The fourth-order valence-corrected chi connectivity index (χ4v) is 3.53. The zero-order chi connectivity index (χ0) is 20.7. The summed E-state index contributed by atoms with van der Waals surface area (Å²) in [5.74, 6) is -1.13. The second kappa shape index (κ2) is 9.32. The number of para-hydroxylation sites is 1. The van der Waals surface area contributed by atoms with Gasteiger partial charge in [0.05, 0.1) is 11.9 Å². The van der Waals surface area contributed by atoms with Crippen LogP contribution in [0.1, 0.15) is 19.8 Å². The topological polar surface area (TPSA) is 95.6 Å². The third kappa shape index (κ3) is 6.34. The molecule has 0 aliphatic carbocycles. The van der Waals surface area contributed by atoms with Gasteiger partial charge in [0.2, 0.25) is 21.8 Å². The summed E-state index contributed by atoms with van der Waals surface area (Å²) in [4.78, 5) is 23.1. The number of anilines is 3. The molecule has 9 heteroatoms. The number of nitrogens with zero attached hydrogens (tertiary/aromatic N) is 1. The molecule has 0 saturated carbocycles. The number of hydrogen-bond acceptors (Lipinski definition) is 4. The number of sulfonamides is 1. The Balaban J connectivity index is 1.92. The maximum atomic E-state index is 13.9. The van der Waals surface area contributed by atoms with Gasteiger partial charge >= 0.3 is 0 Å². The van der Waals surface area contributed by atoms with Crippen molar-refractivity contribution < 1.29 is 22.4 Å². The first-order valence-electron chi connectivity index (χ1n) is 8.56. The van der Waals surface area contributed by atoms with Gasteiger partial charge in [-0.2, -0.15) is 0 Å². The van der Waals surface area contributed by atoms with Gasteiger partial charge in [0, 0.05) is 31.3 Å². The first-order valence-corrected chi connectivity index (χ1v) is 10.4. The van der Waals surface area contributed by atoms with E-state index in [0.717, 1.165) is 10.6 Å². The van der Waals surface area contributed by atoms with E-state index >= 15 is 0 Å². The van der Waals surface area contributed by atoms with E-state index in [1.54, 1.807) is 30.3 Å². The van der Waals surface area contributed by atoms with Crippen LogP contribution < -0.4 is 14.9 Å². The van der Waals surface area contributed by atoms with E-state index in [-0.39, 0.29) is 36.9 Å². The molecule has 0 aromatic heterocycles. The van der Waals surface area contributed by atoms with Crippen LogP contribution >= 0.6 is 0 Å². The van der Waals surface area contributed by atoms with Crippen LogP contribution in [0.25, 0.3) is 0 Å². The Hall–Kier alpha value is -2.94. The first kappa shape index (κ1) is 21.4. The summed E-state index contributed by atoms with van der Waals surface area (Å²) >= 11 is 0.